The predicted molar refractivity (Wildman–Crippen MR) is 79.8 cm³/mol. The third-order valence-electron chi connectivity index (χ3n) is 3.85. The summed E-state index contributed by atoms with van der Waals surface area (Å²) in [5, 5.41) is 0. The molecule has 1 aliphatic rings. The van der Waals surface area contributed by atoms with Gasteiger partial charge in [-0.2, -0.15) is 0 Å². The van der Waals surface area contributed by atoms with Gasteiger partial charge in [0.15, 0.2) is 0 Å². The molecule has 0 radical (unpaired) electrons. The number of rotatable bonds is 2. The van der Waals surface area contributed by atoms with E-state index >= 15 is 0 Å². The molecule has 0 aliphatic heterocycles. The molecule has 0 aromatic heterocycles. The molecular weight excluding hydrogens is 248 g/mol. The number of carbonyl (C=O) groups excluding carboxylic acids is 1. The van der Waals surface area contributed by atoms with Crippen LogP contribution in [0.5, 0.6) is 0 Å². The van der Waals surface area contributed by atoms with Gasteiger partial charge in [-0.15, -0.1) is 0 Å². The maximum absolute atomic E-state index is 12.3. The van der Waals surface area contributed by atoms with E-state index in [1.165, 1.54) is 22.3 Å². The summed E-state index contributed by atoms with van der Waals surface area (Å²) in [7, 11) is 0. The second kappa shape index (κ2) is 4.78. The summed E-state index contributed by atoms with van der Waals surface area (Å²) in [5.74, 6) is -0.429. The second-order valence-corrected chi connectivity index (χ2v) is 5.37. The number of aryl methyl sites for hydroxylation is 2. The fourth-order valence-electron chi connectivity index (χ4n) is 2.96. The molecule has 2 aromatic carbocycles. The highest BCUT2D eigenvalue weighted by molar-refractivity contribution is 5.93. The number of fused-ring (bicyclic) bond motifs is 3. The number of hydrogen-bond acceptors (Lipinski definition) is 2. The van der Waals surface area contributed by atoms with E-state index in [0.29, 0.717) is 6.61 Å². The van der Waals surface area contributed by atoms with Crippen LogP contribution in [0, 0.1) is 13.8 Å². The topological polar surface area (TPSA) is 26.3 Å². The molecule has 0 saturated heterocycles. The molecule has 0 heterocycles. The Kier molecular flexibility index (Phi) is 3.09. The Morgan fingerprint density at radius 2 is 1.50 bits per heavy atom. The smallest absolute Gasteiger partial charge is 0.317 e. The number of carbonyl (C=O) groups is 1. The number of esters is 1. The van der Waals surface area contributed by atoms with E-state index < -0.39 is 0 Å². The fourth-order valence-corrected chi connectivity index (χ4v) is 2.96. The van der Waals surface area contributed by atoms with E-state index in [1.807, 2.05) is 6.92 Å². The predicted octanol–water partition coefficient (Wildman–Crippen LogP) is 3.98. The zero-order valence-electron chi connectivity index (χ0n) is 12.1. The van der Waals surface area contributed by atoms with Crippen molar-refractivity contribution in [1.82, 2.24) is 0 Å². The molecule has 0 fully saturated rings. The molecule has 20 heavy (non-hydrogen) atoms. The largest absolute Gasteiger partial charge is 0.465 e. The Morgan fingerprint density at radius 1 is 1.00 bits per heavy atom. The molecule has 0 N–H and O–H groups in total. The minimum atomic E-state index is -0.277. The van der Waals surface area contributed by atoms with E-state index in [4.69, 9.17) is 4.74 Å². The molecule has 0 amide bonds. The highest BCUT2D eigenvalue weighted by Gasteiger charge is 2.34. The molecular formula is C18H18O2. The average Bonchev–Trinajstić information content (AvgIpc) is 2.72. The molecule has 3 rings (SSSR count). The maximum atomic E-state index is 12.3. The Hall–Kier alpha value is -2.09. The van der Waals surface area contributed by atoms with E-state index in [-0.39, 0.29) is 11.9 Å². The third-order valence-corrected chi connectivity index (χ3v) is 3.85. The van der Waals surface area contributed by atoms with Gasteiger partial charge in [-0.25, -0.2) is 0 Å². The van der Waals surface area contributed by atoms with Crippen molar-refractivity contribution in [3.8, 4) is 11.1 Å². The van der Waals surface area contributed by atoms with Crippen molar-refractivity contribution >= 4 is 5.97 Å². The molecule has 0 spiro atoms. The Balaban J connectivity index is 2.21. The highest BCUT2D eigenvalue weighted by atomic mass is 16.5. The van der Waals surface area contributed by atoms with Crippen molar-refractivity contribution in [2.24, 2.45) is 0 Å². The van der Waals surface area contributed by atoms with Crippen LogP contribution in [-0.2, 0) is 9.53 Å². The number of ether oxygens (including phenoxy) is 1. The van der Waals surface area contributed by atoms with Crippen LogP contribution in [-0.4, -0.2) is 12.6 Å². The zero-order chi connectivity index (χ0) is 14.3. The SMILES string of the molecule is CCOC(=O)C1c2ccc(C)cc2-c2cc(C)ccc21. The molecule has 102 valence electrons. The monoisotopic (exact) mass is 266 g/mol. The van der Waals surface area contributed by atoms with E-state index in [2.05, 4.69) is 50.2 Å². The average molecular weight is 266 g/mol. The summed E-state index contributed by atoms with van der Waals surface area (Å²) in [6, 6.07) is 12.6. The zero-order valence-corrected chi connectivity index (χ0v) is 12.1. The minimum absolute atomic E-state index is 0.153. The van der Waals surface area contributed by atoms with Crippen LogP contribution in [0.15, 0.2) is 36.4 Å². The normalized spacial score (nSPS) is 12.9. The van der Waals surface area contributed by atoms with Crippen LogP contribution in [0.3, 0.4) is 0 Å². The van der Waals surface area contributed by atoms with E-state index in [9.17, 15) is 4.79 Å². The number of benzene rings is 2. The summed E-state index contributed by atoms with van der Waals surface area (Å²) >= 11 is 0. The standard InChI is InChI=1S/C18H18O2/c1-4-20-18(19)17-13-7-5-11(2)9-15(13)16-10-12(3)6-8-14(16)17/h5-10,17H,4H2,1-3H3. The summed E-state index contributed by atoms with van der Waals surface area (Å²) in [6.07, 6.45) is 0. The van der Waals surface area contributed by atoms with Gasteiger partial charge in [-0.1, -0.05) is 47.5 Å². The molecule has 0 saturated carbocycles. The first-order chi connectivity index (χ1) is 9.61. The minimum Gasteiger partial charge on any atom is -0.465 e. The van der Waals surface area contributed by atoms with Gasteiger partial charge in [0.2, 0.25) is 0 Å². The van der Waals surface area contributed by atoms with Crippen LogP contribution in [0.4, 0.5) is 0 Å². The summed E-state index contributed by atoms with van der Waals surface area (Å²) in [4.78, 5) is 12.3. The van der Waals surface area contributed by atoms with Gasteiger partial charge in [0.25, 0.3) is 0 Å². The molecule has 0 bridgehead atoms. The van der Waals surface area contributed by atoms with Crippen LogP contribution in [0.2, 0.25) is 0 Å². The van der Waals surface area contributed by atoms with Crippen molar-refractivity contribution in [1.29, 1.82) is 0 Å². The lowest BCUT2D eigenvalue weighted by atomic mass is 9.96. The highest BCUT2D eigenvalue weighted by Crippen LogP contribution is 2.45. The number of hydrogen-bond donors (Lipinski definition) is 0. The first-order valence-electron chi connectivity index (χ1n) is 7.00. The molecule has 0 unspecified atom stereocenters. The summed E-state index contributed by atoms with van der Waals surface area (Å²) < 4.78 is 5.26. The van der Waals surface area contributed by atoms with Gasteiger partial charge in [-0.3, -0.25) is 4.79 Å². The first-order valence-corrected chi connectivity index (χ1v) is 7.00. The molecule has 0 atom stereocenters. The quantitative estimate of drug-likeness (QED) is 0.768. The molecule has 1 aliphatic carbocycles. The van der Waals surface area contributed by atoms with Crippen molar-refractivity contribution in [3.63, 3.8) is 0 Å². The maximum Gasteiger partial charge on any atom is 0.317 e. The van der Waals surface area contributed by atoms with Crippen molar-refractivity contribution in [2.45, 2.75) is 26.7 Å². The van der Waals surface area contributed by atoms with Crippen LogP contribution < -0.4 is 0 Å². The van der Waals surface area contributed by atoms with Gasteiger partial charge in [0.1, 0.15) is 5.92 Å². The van der Waals surface area contributed by atoms with Crippen molar-refractivity contribution < 1.29 is 9.53 Å². The summed E-state index contributed by atoms with van der Waals surface area (Å²) in [6.45, 7) is 6.41. The van der Waals surface area contributed by atoms with Crippen LogP contribution in [0.1, 0.15) is 35.1 Å². The van der Waals surface area contributed by atoms with Crippen molar-refractivity contribution in [3.05, 3.63) is 58.7 Å². The third kappa shape index (κ3) is 1.92. The Morgan fingerprint density at radius 3 is 1.95 bits per heavy atom. The van der Waals surface area contributed by atoms with Crippen molar-refractivity contribution in [2.75, 3.05) is 6.61 Å². The van der Waals surface area contributed by atoms with Gasteiger partial charge in [0.05, 0.1) is 6.61 Å². The Bertz CT molecular complexity index is 634. The lowest BCUT2D eigenvalue weighted by molar-refractivity contribution is -0.143. The van der Waals surface area contributed by atoms with Gasteiger partial charge in [-0.05, 0) is 43.0 Å². The molecule has 2 aromatic rings. The molecule has 2 nitrogen and oxygen atoms in total. The molecule has 2 heteroatoms. The van der Waals surface area contributed by atoms with Gasteiger partial charge < -0.3 is 4.74 Å². The lowest BCUT2D eigenvalue weighted by Crippen LogP contribution is -2.15. The fraction of sp³-hybridized carbons (Fsp3) is 0.278. The van der Waals surface area contributed by atoms with Crippen LogP contribution in [0.25, 0.3) is 11.1 Å². The lowest BCUT2D eigenvalue weighted by Gasteiger charge is -2.12. The van der Waals surface area contributed by atoms with E-state index in [0.717, 1.165) is 11.1 Å². The van der Waals surface area contributed by atoms with Gasteiger partial charge in [0, 0.05) is 0 Å². The Labute approximate surface area is 119 Å². The summed E-state index contributed by atoms with van der Waals surface area (Å²) in [5.41, 5.74) is 6.88. The van der Waals surface area contributed by atoms with Crippen LogP contribution >= 0.6 is 0 Å². The second-order valence-electron chi connectivity index (χ2n) is 5.37. The van der Waals surface area contributed by atoms with Gasteiger partial charge >= 0.3 is 5.97 Å². The van der Waals surface area contributed by atoms with E-state index in [1.54, 1.807) is 0 Å². The first kappa shape index (κ1) is 12.9.